The molecule has 4 aromatic rings. The van der Waals surface area contributed by atoms with Crippen molar-refractivity contribution in [3.8, 4) is 22.8 Å². The number of amides is 1. The van der Waals surface area contributed by atoms with E-state index >= 15 is 0 Å². The number of aromatic nitrogens is 4. The molecule has 9 heteroatoms. The summed E-state index contributed by atoms with van der Waals surface area (Å²) in [7, 11) is 1.82. The van der Waals surface area contributed by atoms with Gasteiger partial charge in [0.2, 0.25) is 5.91 Å². The van der Waals surface area contributed by atoms with Gasteiger partial charge in [0.05, 0.1) is 17.5 Å². The van der Waals surface area contributed by atoms with Crippen LogP contribution in [0.5, 0.6) is 11.5 Å². The maximum Gasteiger partial charge on any atom is 0.237 e. The number of carbonyl (C=O) groups is 1. The Bertz CT molecular complexity index is 1340. The number of ether oxygens (including phenoxy) is 1. The van der Waals surface area contributed by atoms with Crippen LogP contribution in [-0.4, -0.2) is 44.8 Å². The highest BCUT2D eigenvalue weighted by Crippen LogP contribution is 2.36. The van der Waals surface area contributed by atoms with Gasteiger partial charge >= 0.3 is 0 Å². The van der Waals surface area contributed by atoms with Gasteiger partial charge in [0.1, 0.15) is 29.3 Å². The van der Waals surface area contributed by atoms with E-state index < -0.39 is 0 Å². The lowest BCUT2D eigenvalue weighted by molar-refractivity contribution is -0.124. The molecule has 0 radical (unpaired) electrons. The summed E-state index contributed by atoms with van der Waals surface area (Å²) in [5, 5.41) is 12.0. The van der Waals surface area contributed by atoms with Crippen LogP contribution in [0.4, 0.5) is 5.82 Å². The van der Waals surface area contributed by atoms with E-state index in [1.165, 1.54) is 6.33 Å². The number of nitrogens with zero attached hydrogens (tertiary/aromatic N) is 4. The molecule has 37 heavy (non-hydrogen) atoms. The average Bonchev–Trinajstić information content (AvgIpc) is 3.32. The van der Waals surface area contributed by atoms with E-state index in [-0.39, 0.29) is 24.0 Å². The van der Waals surface area contributed by atoms with Gasteiger partial charge in [0.15, 0.2) is 5.65 Å². The minimum atomic E-state index is -0.153. The standard InChI is InChI=1S/C28H33N7O2/c1-3-23(30-2)28(36)33-19-11-13-20(14-12-19)35-27-24(26(29)31-17-32-27)25(34-35)18-9-15-22(16-10-18)37-21-7-5-4-6-8-21/h4-10,15-17,19-20,23,30H,3,11-14H2,1-2H3,(H,33,36)(H2,29,31,32)/t19?,20?,23-/m0/s1. The first-order chi connectivity index (χ1) is 18.1. The minimum Gasteiger partial charge on any atom is -0.457 e. The molecule has 2 aromatic heterocycles. The predicted octanol–water partition coefficient (Wildman–Crippen LogP) is 4.47. The van der Waals surface area contributed by atoms with E-state index in [0.717, 1.165) is 65.9 Å². The van der Waals surface area contributed by atoms with Gasteiger partial charge in [-0.1, -0.05) is 25.1 Å². The quantitative estimate of drug-likeness (QED) is 0.327. The third kappa shape index (κ3) is 5.27. The van der Waals surface area contributed by atoms with Crippen LogP contribution in [0, 0.1) is 0 Å². The average molecular weight is 500 g/mol. The lowest BCUT2D eigenvalue weighted by Crippen LogP contribution is -2.47. The third-order valence-electron chi connectivity index (χ3n) is 7.09. The second-order valence-corrected chi connectivity index (χ2v) is 9.45. The number of benzene rings is 2. The molecule has 1 atom stereocenters. The number of likely N-dealkylation sites (N-methyl/N-ethyl adjacent to an activating group) is 1. The van der Waals surface area contributed by atoms with Crippen LogP contribution in [0.2, 0.25) is 0 Å². The maximum atomic E-state index is 12.5. The molecule has 1 aliphatic carbocycles. The van der Waals surface area contributed by atoms with E-state index in [1.807, 2.05) is 73.3 Å². The van der Waals surface area contributed by atoms with Gasteiger partial charge in [-0.05, 0) is 75.5 Å². The molecule has 0 bridgehead atoms. The van der Waals surface area contributed by atoms with Crippen LogP contribution in [0.25, 0.3) is 22.3 Å². The molecular formula is C28H33N7O2. The molecular weight excluding hydrogens is 466 g/mol. The molecule has 1 fully saturated rings. The van der Waals surface area contributed by atoms with Gasteiger partial charge in [-0.25, -0.2) is 14.6 Å². The number of anilines is 1. The van der Waals surface area contributed by atoms with Crippen LogP contribution in [-0.2, 0) is 4.79 Å². The Hall–Kier alpha value is -3.98. The van der Waals surface area contributed by atoms with Gasteiger partial charge < -0.3 is 21.1 Å². The summed E-state index contributed by atoms with van der Waals surface area (Å²) in [5.41, 5.74) is 8.73. The Morgan fingerprint density at radius 1 is 1.05 bits per heavy atom. The highest BCUT2D eigenvalue weighted by Gasteiger charge is 2.28. The number of rotatable bonds is 8. The first kappa shape index (κ1) is 24.7. The Balaban J connectivity index is 1.35. The summed E-state index contributed by atoms with van der Waals surface area (Å²) in [6.45, 7) is 2.01. The van der Waals surface area contributed by atoms with Gasteiger partial charge in [-0.3, -0.25) is 4.79 Å². The normalized spacial score (nSPS) is 18.4. The molecule has 1 amide bonds. The number of nitrogen functional groups attached to an aromatic ring is 1. The number of fused-ring (bicyclic) bond motifs is 1. The van der Waals surface area contributed by atoms with Crippen molar-refractivity contribution in [2.24, 2.45) is 0 Å². The second-order valence-electron chi connectivity index (χ2n) is 9.45. The van der Waals surface area contributed by atoms with Crippen LogP contribution >= 0.6 is 0 Å². The SMILES string of the molecule is CC[C@H](NC)C(=O)NC1CCC(n2nc(-c3ccc(Oc4ccccc4)cc3)c3c(N)ncnc32)CC1. The highest BCUT2D eigenvalue weighted by atomic mass is 16.5. The van der Waals surface area contributed by atoms with Crippen molar-refractivity contribution in [1.82, 2.24) is 30.4 Å². The fraction of sp³-hybridized carbons (Fsp3) is 0.357. The molecule has 0 aliphatic heterocycles. The molecule has 0 saturated heterocycles. The molecule has 0 spiro atoms. The Labute approximate surface area is 216 Å². The van der Waals surface area contributed by atoms with Gasteiger partial charge in [-0.15, -0.1) is 0 Å². The first-order valence-electron chi connectivity index (χ1n) is 12.9. The molecule has 192 valence electrons. The Morgan fingerprint density at radius 2 is 1.76 bits per heavy atom. The van der Waals surface area contributed by atoms with E-state index in [4.69, 9.17) is 15.6 Å². The maximum absolute atomic E-state index is 12.5. The van der Waals surface area contributed by atoms with Crippen molar-refractivity contribution in [2.75, 3.05) is 12.8 Å². The lowest BCUT2D eigenvalue weighted by Gasteiger charge is -2.30. The van der Waals surface area contributed by atoms with Crippen LogP contribution < -0.4 is 21.1 Å². The fourth-order valence-electron chi connectivity index (χ4n) is 5.04. The molecule has 0 unspecified atom stereocenters. The van der Waals surface area contributed by atoms with Crippen molar-refractivity contribution >= 4 is 22.8 Å². The molecule has 4 N–H and O–H groups in total. The number of nitrogens with two attached hydrogens (primary N) is 1. The summed E-state index contributed by atoms with van der Waals surface area (Å²) in [5.74, 6) is 2.01. The Kier molecular flexibility index (Phi) is 7.32. The van der Waals surface area contributed by atoms with E-state index in [1.54, 1.807) is 0 Å². The van der Waals surface area contributed by atoms with Crippen LogP contribution in [0.15, 0.2) is 60.9 Å². The summed E-state index contributed by atoms with van der Waals surface area (Å²) >= 11 is 0. The summed E-state index contributed by atoms with van der Waals surface area (Å²) in [6.07, 6.45) is 5.82. The molecule has 9 nitrogen and oxygen atoms in total. The number of nitrogens with one attached hydrogen (secondary N) is 2. The number of hydrogen-bond donors (Lipinski definition) is 3. The molecule has 2 aromatic carbocycles. The van der Waals surface area contributed by atoms with Gasteiger partial charge in [0, 0.05) is 11.6 Å². The largest absolute Gasteiger partial charge is 0.457 e. The number of carbonyl (C=O) groups excluding carboxylic acids is 1. The smallest absolute Gasteiger partial charge is 0.237 e. The zero-order valence-corrected chi connectivity index (χ0v) is 21.2. The van der Waals surface area contributed by atoms with Crippen molar-refractivity contribution in [3.63, 3.8) is 0 Å². The van der Waals surface area contributed by atoms with Crippen molar-refractivity contribution in [3.05, 3.63) is 60.9 Å². The monoisotopic (exact) mass is 499 g/mol. The fourth-order valence-corrected chi connectivity index (χ4v) is 5.04. The van der Waals surface area contributed by atoms with Crippen molar-refractivity contribution in [1.29, 1.82) is 0 Å². The third-order valence-corrected chi connectivity index (χ3v) is 7.09. The second kappa shape index (κ2) is 11.0. The Morgan fingerprint density at radius 3 is 2.43 bits per heavy atom. The van der Waals surface area contributed by atoms with Crippen LogP contribution in [0.3, 0.4) is 0 Å². The number of para-hydroxylation sites is 1. The van der Waals surface area contributed by atoms with E-state index in [2.05, 4.69) is 20.6 Å². The zero-order chi connectivity index (χ0) is 25.8. The molecule has 1 aliphatic rings. The summed E-state index contributed by atoms with van der Waals surface area (Å²) in [4.78, 5) is 21.3. The van der Waals surface area contributed by atoms with Gasteiger partial charge in [-0.2, -0.15) is 5.10 Å². The van der Waals surface area contributed by atoms with E-state index in [0.29, 0.717) is 5.82 Å². The molecule has 2 heterocycles. The van der Waals surface area contributed by atoms with Crippen molar-refractivity contribution in [2.45, 2.75) is 57.2 Å². The van der Waals surface area contributed by atoms with E-state index in [9.17, 15) is 4.79 Å². The topological polar surface area (TPSA) is 120 Å². The van der Waals surface area contributed by atoms with Gasteiger partial charge in [0.25, 0.3) is 0 Å². The number of hydrogen-bond acceptors (Lipinski definition) is 7. The first-order valence-corrected chi connectivity index (χ1v) is 12.9. The molecule has 5 rings (SSSR count). The molecule has 1 saturated carbocycles. The summed E-state index contributed by atoms with van der Waals surface area (Å²) in [6, 6.07) is 17.7. The minimum absolute atomic E-state index is 0.0699. The zero-order valence-electron chi connectivity index (χ0n) is 21.2. The van der Waals surface area contributed by atoms with Crippen LogP contribution in [0.1, 0.15) is 45.1 Å². The summed E-state index contributed by atoms with van der Waals surface area (Å²) < 4.78 is 7.94. The predicted molar refractivity (Wildman–Crippen MR) is 144 cm³/mol. The highest BCUT2D eigenvalue weighted by molar-refractivity contribution is 5.98. The van der Waals surface area contributed by atoms with Crippen molar-refractivity contribution < 1.29 is 9.53 Å². The lowest BCUT2D eigenvalue weighted by atomic mass is 9.91.